The van der Waals surface area contributed by atoms with Gasteiger partial charge in [0.25, 0.3) is 0 Å². The normalized spacial score (nSPS) is 12.2. The fourth-order valence-corrected chi connectivity index (χ4v) is 1.76. The van der Waals surface area contributed by atoms with Gasteiger partial charge in [-0.05, 0) is 56.0 Å². The molecule has 0 radical (unpaired) electrons. The molecule has 0 aromatic heterocycles. The summed E-state index contributed by atoms with van der Waals surface area (Å²) in [6, 6.07) is 2.74. The van der Waals surface area contributed by atoms with E-state index in [2.05, 4.69) is 0 Å². The lowest BCUT2D eigenvalue weighted by Gasteiger charge is -2.14. The summed E-state index contributed by atoms with van der Waals surface area (Å²) in [6.45, 7) is 6.09. The van der Waals surface area contributed by atoms with Crippen LogP contribution >= 0.6 is 0 Å². The summed E-state index contributed by atoms with van der Waals surface area (Å²) in [7, 11) is 0. The molecule has 0 bridgehead atoms. The molecular formula is C13H19NO4. The first-order valence-electron chi connectivity index (χ1n) is 5.83. The predicted molar refractivity (Wildman–Crippen MR) is 67.5 cm³/mol. The Morgan fingerprint density at radius 3 is 2.39 bits per heavy atom. The third-order valence-corrected chi connectivity index (χ3v) is 2.68. The number of carbonyl (C=O) groups is 1. The molecule has 18 heavy (non-hydrogen) atoms. The van der Waals surface area contributed by atoms with Gasteiger partial charge < -0.3 is 15.7 Å². The number of nitrogens with two attached hydrogens (primary N) is 1. The number of hydrogen-bond donors (Lipinski definition) is 2. The zero-order valence-electron chi connectivity index (χ0n) is 10.9. The van der Waals surface area contributed by atoms with Crippen molar-refractivity contribution in [1.29, 1.82) is 0 Å². The number of aliphatic carboxylic acids is 1. The van der Waals surface area contributed by atoms with Gasteiger partial charge in [0.15, 0.2) is 5.75 Å². The number of carboxylic acid groups (broad SMARTS) is 1. The first-order chi connectivity index (χ1) is 8.45. The van der Waals surface area contributed by atoms with Gasteiger partial charge in [-0.1, -0.05) is 0 Å². The Kier molecular flexibility index (Phi) is 5.12. The summed E-state index contributed by atoms with van der Waals surface area (Å²) in [5.41, 5.74) is 8.38. The van der Waals surface area contributed by atoms with Crippen LogP contribution < -0.4 is 10.6 Å². The molecule has 0 fully saturated rings. The fraction of sp³-hybridized carbons (Fsp3) is 0.462. The van der Waals surface area contributed by atoms with E-state index in [1.165, 1.54) is 0 Å². The predicted octanol–water partition coefficient (Wildman–Crippen LogP) is 1.59. The minimum Gasteiger partial charge on any atom is -0.480 e. The largest absolute Gasteiger partial charge is 0.480 e. The van der Waals surface area contributed by atoms with Crippen LogP contribution in [0.25, 0.3) is 0 Å². The lowest BCUT2D eigenvalue weighted by Crippen LogP contribution is -2.32. The second-order valence-corrected chi connectivity index (χ2v) is 4.17. The van der Waals surface area contributed by atoms with Crippen molar-refractivity contribution in [1.82, 2.24) is 0 Å². The van der Waals surface area contributed by atoms with Crippen LogP contribution in [0.2, 0.25) is 0 Å². The summed E-state index contributed by atoms with van der Waals surface area (Å²) in [5, 5.41) is 8.83. The second kappa shape index (κ2) is 6.37. The lowest BCUT2D eigenvalue weighted by molar-refractivity contribution is -0.202. The number of benzene rings is 1. The van der Waals surface area contributed by atoms with Crippen molar-refractivity contribution < 1.29 is 19.7 Å². The second-order valence-electron chi connectivity index (χ2n) is 4.17. The van der Waals surface area contributed by atoms with E-state index >= 15 is 0 Å². The smallest absolute Gasteiger partial charge is 0.320 e. The van der Waals surface area contributed by atoms with Crippen molar-refractivity contribution >= 4 is 5.97 Å². The maximum atomic E-state index is 10.8. The Labute approximate surface area is 106 Å². The average Bonchev–Trinajstić information content (AvgIpc) is 2.30. The molecule has 100 valence electrons. The maximum Gasteiger partial charge on any atom is 0.320 e. The Morgan fingerprint density at radius 1 is 1.39 bits per heavy atom. The molecule has 5 heteroatoms. The van der Waals surface area contributed by atoms with E-state index in [0.717, 1.165) is 16.7 Å². The quantitative estimate of drug-likeness (QED) is 0.594. The summed E-state index contributed by atoms with van der Waals surface area (Å²) in [5.74, 6) is -0.386. The van der Waals surface area contributed by atoms with Crippen LogP contribution in [-0.2, 0) is 16.1 Å². The van der Waals surface area contributed by atoms with Crippen LogP contribution in [0.4, 0.5) is 0 Å². The van der Waals surface area contributed by atoms with Gasteiger partial charge in [-0.25, -0.2) is 0 Å². The fourth-order valence-electron chi connectivity index (χ4n) is 1.76. The summed E-state index contributed by atoms with van der Waals surface area (Å²) in [6.07, 6.45) is 0.307. The molecule has 0 heterocycles. The molecular weight excluding hydrogens is 234 g/mol. The molecule has 0 aliphatic carbocycles. The van der Waals surface area contributed by atoms with Crippen LogP contribution in [0.1, 0.15) is 23.6 Å². The van der Waals surface area contributed by atoms with Gasteiger partial charge in [0, 0.05) is 0 Å². The molecule has 0 aliphatic rings. The molecule has 0 aliphatic heterocycles. The highest BCUT2D eigenvalue weighted by Crippen LogP contribution is 2.23. The number of hydrogen-bond acceptors (Lipinski definition) is 4. The van der Waals surface area contributed by atoms with Crippen LogP contribution in [-0.4, -0.2) is 23.7 Å². The number of aryl methyl sites for hydroxylation is 2. The standard InChI is InChI=1S/C13H19NO4/c1-4-17-18-10-5-8(2)11(9(3)6-10)7-12(14)13(15)16/h5-6,12H,4,7,14H2,1-3H3,(H,15,16)/t12-/m0/s1. The van der Waals surface area contributed by atoms with E-state index in [-0.39, 0.29) is 0 Å². The molecule has 0 unspecified atom stereocenters. The van der Waals surface area contributed by atoms with Crippen molar-refractivity contribution in [2.24, 2.45) is 5.73 Å². The van der Waals surface area contributed by atoms with Gasteiger partial charge in [0.2, 0.25) is 0 Å². The van der Waals surface area contributed by atoms with Crippen molar-refractivity contribution in [3.63, 3.8) is 0 Å². The topological polar surface area (TPSA) is 81.8 Å². The number of carboxylic acids is 1. The van der Waals surface area contributed by atoms with Crippen molar-refractivity contribution in [3.05, 3.63) is 28.8 Å². The molecule has 3 N–H and O–H groups in total. The van der Waals surface area contributed by atoms with Crippen molar-refractivity contribution in [3.8, 4) is 5.75 Å². The highest BCUT2D eigenvalue weighted by Gasteiger charge is 2.16. The van der Waals surface area contributed by atoms with Crippen LogP contribution in [0.3, 0.4) is 0 Å². The average molecular weight is 253 g/mol. The Bertz CT molecular complexity index is 408. The number of rotatable bonds is 6. The molecule has 0 spiro atoms. The molecule has 0 amide bonds. The highest BCUT2D eigenvalue weighted by atomic mass is 17.2. The van der Waals surface area contributed by atoms with E-state index in [4.69, 9.17) is 20.6 Å². The van der Waals surface area contributed by atoms with Gasteiger partial charge in [-0.2, -0.15) is 4.89 Å². The minimum atomic E-state index is -0.997. The van der Waals surface area contributed by atoms with E-state index in [9.17, 15) is 4.79 Å². The highest BCUT2D eigenvalue weighted by molar-refractivity contribution is 5.73. The van der Waals surface area contributed by atoms with E-state index in [1.54, 1.807) is 0 Å². The zero-order valence-corrected chi connectivity index (χ0v) is 10.9. The molecule has 1 aromatic rings. The first kappa shape index (κ1) is 14.5. The third kappa shape index (κ3) is 3.72. The zero-order chi connectivity index (χ0) is 13.7. The maximum absolute atomic E-state index is 10.8. The van der Waals surface area contributed by atoms with Crippen LogP contribution in [0.5, 0.6) is 5.75 Å². The molecule has 0 saturated carbocycles. The minimum absolute atomic E-state index is 0.307. The van der Waals surface area contributed by atoms with Gasteiger partial charge in [-0.15, -0.1) is 0 Å². The summed E-state index contributed by atoms with van der Waals surface area (Å²) < 4.78 is 0. The first-order valence-corrected chi connectivity index (χ1v) is 5.83. The van der Waals surface area contributed by atoms with Gasteiger partial charge in [-0.3, -0.25) is 4.79 Å². The van der Waals surface area contributed by atoms with Gasteiger partial charge >= 0.3 is 5.97 Å². The molecule has 1 atom stereocenters. The van der Waals surface area contributed by atoms with Crippen molar-refractivity contribution in [2.75, 3.05) is 6.61 Å². The van der Waals surface area contributed by atoms with E-state index in [0.29, 0.717) is 18.8 Å². The SMILES string of the molecule is CCOOc1cc(C)c(C[C@H](N)C(=O)O)c(C)c1. The molecule has 0 saturated heterocycles. The molecule has 5 nitrogen and oxygen atoms in total. The van der Waals surface area contributed by atoms with Gasteiger partial charge in [0.1, 0.15) is 6.04 Å². The van der Waals surface area contributed by atoms with E-state index < -0.39 is 12.0 Å². The molecule has 1 rings (SSSR count). The Hall–Kier alpha value is -1.59. The van der Waals surface area contributed by atoms with Crippen molar-refractivity contribution in [2.45, 2.75) is 33.2 Å². The van der Waals surface area contributed by atoms with Gasteiger partial charge in [0.05, 0.1) is 6.61 Å². The van der Waals surface area contributed by atoms with Crippen LogP contribution in [0.15, 0.2) is 12.1 Å². The van der Waals surface area contributed by atoms with E-state index in [1.807, 2.05) is 32.9 Å². The monoisotopic (exact) mass is 253 g/mol. The van der Waals surface area contributed by atoms with Crippen LogP contribution in [0, 0.1) is 13.8 Å². The lowest BCUT2D eigenvalue weighted by atomic mass is 9.96. The molecule has 1 aromatic carbocycles. The Morgan fingerprint density at radius 2 is 1.94 bits per heavy atom. The Balaban J connectivity index is 2.90. The summed E-state index contributed by atoms with van der Waals surface area (Å²) in [4.78, 5) is 20.7. The third-order valence-electron chi connectivity index (χ3n) is 2.68. The summed E-state index contributed by atoms with van der Waals surface area (Å²) >= 11 is 0.